The lowest BCUT2D eigenvalue weighted by Gasteiger charge is -2.48. The second-order valence-electron chi connectivity index (χ2n) is 10.4. The molecular formula is C28H30FN3O4. The Morgan fingerprint density at radius 1 is 0.944 bits per heavy atom. The fraction of sp³-hybridized carbons (Fsp3) is 0.464. The van der Waals surface area contributed by atoms with Gasteiger partial charge in [-0.3, -0.25) is 24.6 Å². The topological polar surface area (TPSA) is 79.0 Å². The van der Waals surface area contributed by atoms with E-state index in [1.165, 1.54) is 10.5 Å². The molecule has 1 aliphatic carbocycles. The largest absolute Gasteiger partial charge is 0.486 e. The van der Waals surface area contributed by atoms with Crippen LogP contribution in [0.4, 0.5) is 4.39 Å². The predicted octanol–water partition coefficient (Wildman–Crippen LogP) is 3.38. The van der Waals surface area contributed by atoms with Crippen LogP contribution >= 0.6 is 0 Å². The smallest absolute Gasteiger partial charge is 0.255 e. The Kier molecular flexibility index (Phi) is 5.99. The third-order valence-corrected chi connectivity index (χ3v) is 8.21. The number of amides is 3. The van der Waals surface area contributed by atoms with Crippen LogP contribution < -0.4 is 10.1 Å². The summed E-state index contributed by atoms with van der Waals surface area (Å²) >= 11 is 0. The van der Waals surface area contributed by atoms with Gasteiger partial charge in [-0.1, -0.05) is 36.8 Å². The molecule has 0 unspecified atom stereocenters. The van der Waals surface area contributed by atoms with Gasteiger partial charge in [0.1, 0.15) is 12.1 Å². The summed E-state index contributed by atoms with van der Waals surface area (Å²) in [5, 5.41) is 2.28. The number of hydrogen-bond acceptors (Lipinski definition) is 5. The lowest BCUT2D eigenvalue weighted by Crippen LogP contribution is -2.57. The first-order valence-corrected chi connectivity index (χ1v) is 12.9. The zero-order valence-corrected chi connectivity index (χ0v) is 20.1. The molecule has 2 saturated heterocycles. The van der Waals surface area contributed by atoms with Gasteiger partial charge in [0.25, 0.3) is 5.91 Å². The molecule has 3 aliphatic heterocycles. The van der Waals surface area contributed by atoms with Gasteiger partial charge in [0.2, 0.25) is 11.8 Å². The number of nitrogens with one attached hydrogen (secondary N) is 1. The molecule has 4 aliphatic rings. The molecule has 36 heavy (non-hydrogen) atoms. The number of hydrogen-bond donors (Lipinski definition) is 1. The second-order valence-corrected chi connectivity index (χ2v) is 10.4. The van der Waals surface area contributed by atoms with E-state index in [4.69, 9.17) is 4.74 Å². The molecule has 3 fully saturated rings. The molecule has 7 nitrogen and oxygen atoms in total. The highest BCUT2D eigenvalue weighted by atomic mass is 19.1. The van der Waals surface area contributed by atoms with Gasteiger partial charge >= 0.3 is 0 Å². The summed E-state index contributed by atoms with van der Waals surface area (Å²) in [5.41, 5.74) is 1.89. The lowest BCUT2D eigenvalue weighted by molar-refractivity contribution is -0.136. The molecule has 0 spiro atoms. The zero-order valence-electron chi connectivity index (χ0n) is 20.1. The van der Waals surface area contributed by atoms with Crippen LogP contribution in [-0.4, -0.2) is 58.8 Å². The molecule has 6 rings (SSSR count). The molecule has 8 heteroatoms. The third kappa shape index (κ3) is 4.07. The molecule has 0 bridgehead atoms. The Hall–Kier alpha value is -3.26. The number of halogens is 1. The van der Waals surface area contributed by atoms with Gasteiger partial charge in [0, 0.05) is 42.6 Å². The second kappa shape index (κ2) is 9.32. The van der Waals surface area contributed by atoms with Gasteiger partial charge in [0.15, 0.2) is 11.6 Å². The molecule has 3 amide bonds. The predicted molar refractivity (Wildman–Crippen MR) is 130 cm³/mol. The normalized spacial score (nSPS) is 27.0. The minimum atomic E-state index is -0.766. The quantitative estimate of drug-likeness (QED) is 0.649. The van der Waals surface area contributed by atoms with Gasteiger partial charge in [-0.15, -0.1) is 0 Å². The van der Waals surface area contributed by atoms with Crippen molar-refractivity contribution in [2.75, 3.05) is 13.1 Å². The summed E-state index contributed by atoms with van der Waals surface area (Å²) in [7, 11) is 0. The van der Waals surface area contributed by atoms with E-state index in [9.17, 15) is 14.4 Å². The zero-order chi connectivity index (χ0) is 24.8. The molecule has 1 N–H and O–H groups in total. The summed E-state index contributed by atoms with van der Waals surface area (Å²) in [4.78, 5) is 40.6. The summed E-state index contributed by atoms with van der Waals surface area (Å²) in [6.45, 7) is 1.97. The number of piperidine rings is 1. The van der Waals surface area contributed by atoms with Crippen molar-refractivity contribution in [2.45, 2.75) is 69.2 Å². The van der Waals surface area contributed by atoms with Gasteiger partial charge in [-0.05, 0) is 43.4 Å². The van der Waals surface area contributed by atoms with Crippen LogP contribution in [-0.2, 0) is 16.1 Å². The van der Waals surface area contributed by atoms with E-state index in [0.717, 1.165) is 38.8 Å². The minimum Gasteiger partial charge on any atom is -0.486 e. The van der Waals surface area contributed by atoms with Crippen molar-refractivity contribution < 1.29 is 23.5 Å². The van der Waals surface area contributed by atoms with Gasteiger partial charge in [-0.2, -0.15) is 0 Å². The van der Waals surface area contributed by atoms with Crippen LogP contribution in [0.25, 0.3) is 0 Å². The van der Waals surface area contributed by atoms with E-state index in [1.54, 1.807) is 12.1 Å². The standard InChI is InChI=1S/C28H30FN3O4/c29-26-20-16-32(22-11-13-25(33)30-27(22)34)28(35)19(20)10-12-24(26)36-23-9-5-4-8-21(23)31-14-18(15-31)17-6-2-1-3-7-17/h1-3,6-7,10,12,18,21-23H,4-5,8-9,11,13-16H2,(H,30,33,34)/t21-,22+,23-/m0/s1. The van der Waals surface area contributed by atoms with Crippen molar-refractivity contribution in [3.63, 3.8) is 0 Å². The van der Waals surface area contributed by atoms with Crippen LogP contribution in [0.5, 0.6) is 5.75 Å². The highest BCUT2D eigenvalue weighted by Gasteiger charge is 2.42. The van der Waals surface area contributed by atoms with Crippen LogP contribution in [0.3, 0.4) is 0 Å². The number of nitrogens with zero attached hydrogens (tertiary/aromatic N) is 2. The Balaban J connectivity index is 1.16. The van der Waals surface area contributed by atoms with E-state index in [1.807, 2.05) is 6.07 Å². The molecule has 2 aromatic rings. The fourth-order valence-corrected chi connectivity index (χ4v) is 6.19. The Morgan fingerprint density at radius 2 is 1.72 bits per heavy atom. The number of rotatable bonds is 5. The van der Waals surface area contributed by atoms with Crippen molar-refractivity contribution in [3.05, 3.63) is 65.0 Å². The molecule has 0 radical (unpaired) electrons. The van der Waals surface area contributed by atoms with Crippen LogP contribution in [0.15, 0.2) is 42.5 Å². The van der Waals surface area contributed by atoms with E-state index in [2.05, 4.69) is 34.5 Å². The first kappa shape index (κ1) is 23.2. The number of carbonyl (C=O) groups is 3. The average Bonchev–Trinajstić information content (AvgIpc) is 3.18. The van der Waals surface area contributed by atoms with E-state index < -0.39 is 17.8 Å². The molecule has 188 valence electrons. The number of likely N-dealkylation sites (tertiary alicyclic amines) is 1. The Labute approximate surface area is 209 Å². The number of imide groups is 1. The molecular weight excluding hydrogens is 461 g/mol. The molecule has 0 aromatic heterocycles. The molecule has 1 saturated carbocycles. The van der Waals surface area contributed by atoms with Gasteiger partial charge in [0.05, 0.1) is 6.54 Å². The van der Waals surface area contributed by atoms with E-state index in [-0.39, 0.29) is 60.2 Å². The Morgan fingerprint density at radius 3 is 2.50 bits per heavy atom. The highest BCUT2D eigenvalue weighted by Crippen LogP contribution is 2.38. The molecule has 3 heterocycles. The van der Waals surface area contributed by atoms with Crippen LogP contribution in [0.1, 0.15) is 65.9 Å². The summed E-state index contributed by atoms with van der Waals surface area (Å²) in [5.74, 6) is -1.06. The summed E-state index contributed by atoms with van der Waals surface area (Å²) in [6, 6.07) is 13.2. The number of carbonyl (C=O) groups excluding carboxylic acids is 3. The lowest BCUT2D eigenvalue weighted by atomic mass is 9.84. The maximum atomic E-state index is 15.6. The third-order valence-electron chi connectivity index (χ3n) is 8.21. The van der Waals surface area contributed by atoms with Gasteiger partial charge < -0.3 is 9.64 Å². The summed E-state index contributed by atoms with van der Waals surface area (Å²) < 4.78 is 21.9. The monoisotopic (exact) mass is 491 g/mol. The van der Waals surface area contributed by atoms with Crippen molar-refractivity contribution in [3.8, 4) is 5.75 Å². The Bertz CT molecular complexity index is 1200. The van der Waals surface area contributed by atoms with Crippen molar-refractivity contribution >= 4 is 17.7 Å². The maximum absolute atomic E-state index is 15.6. The molecule has 2 aromatic carbocycles. The van der Waals surface area contributed by atoms with Crippen molar-refractivity contribution in [1.29, 1.82) is 0 Å². The van der Waals surface area contributed by atoms with E-state index in [0.29, 0.717) is 5.92 Å². The summed E-state index contributed by atoms with van der Waals surface area (Å²) in [6.07, 6.45) is 4.39. The highest BCUT2D eigenvalue weighted by molar-refractivity contribution is 6.05. The number of ether oxygens (including phenoxy) is 1. The van der Waals surface area contributed by atoms with Gasteiger partial charge in [-0.25, -0.2) is 4.39 Å². The number of fused-ring (bicyclic) bond motifs is 1. The van der Waals surface area contributed by atoms with Crippen molar-refractivity contribution in [2.24, 2.45) is 0 Å². The van der Waals surface area contributed by atoms with E-state index >= 15 is 4.39 Å². The minimum absolute atomic E-state index is 0.00243. The molecule has 3 atom stereocenters. The van der Waals surface area contributed by atoms with Crippen LogP contribution in [0, 0.1) is 5.82 Å². The first-order chi connectivity index (χ1) is 17.5. The van der Waals surface area contributed by atoms with Crippen molar-refractivity contribution in [1.82, 2.24) is 15.1 Å². The number of benzene rings is 2. The average molecular weight is 492 g/mol. The fourth-order valence-electron chi connectivity index (χ4n) is 6.19. The SMILES string of the molecule is O=C1CC[C@@H](N2Cc3c(ccc(O[C@H]4CCCC[C@@H]4N4CC(c5ccccc5)C4)c3F)C2=O)C(=O)N1. The maximum Gasteiger partial charge on any atom is 0.255 e. The first-order valence-electron chi connectivity index (χ1n) is 12.9. The van der Waals surface area contributed by atoms with Crippen LogP contribution in [0.2, 0.25) is 0 Å².